The van der Waals surface area contributed by atoms with Gasteiger partial charge in [0.1, 0.15) is 6.04 Å². The van der Waals surface area contributed by atoms with Crippen LogP contribution in [-0.4, -0.2) is 71.0 Å². The van der Waals surface area contributed by atoms with E-state index in [1.807, 2.05) is 0 Å². The fraction of sp³-hybridized carbons (Fsp3) is 0.667. The van der Waals surface area contributed by atoms with Crippen LogP contribution in [0.1, 0.15) is 0 Å². The summed E-state index contributed by atoms with van der Waals surface area (Å²) < 4.78 is 0. The second kappa shape index (κ2) is 10.7. The summed E-state index contributed by atoms with van der Waals surface area (Å²) in [4.78, 5) is 24.4. The van der Waals surface area contributed by atoms with Gasteiger partial charge in [0.2, 0.25) is 0 Å². The zero-order valence-corrected chi connectivity index (χ0v) is 9.09. The molecule has 1 atom stereocenters. The molecule has 0 saturated carbocycles. The highest BCUT2D eigenvalue weighted by atomic mass is 16.4. The molecule has 0 rings (SSSR count). The Balaban J connectivity index is 0. The van der Waals surface area contributed by atoms with Crippen molar-refractivity contribution < 1.29 is 29.9 Å². The first kappa shape index (κ1) is 17.6. The summed E-state index contributed by atoms with van der Waals surface area (Å²) in [5.74, 6) is -2.36. The summed E-state index contributed by atoms with van der Waals surface area (Å²) in [5.41, 5.74) is 7.99. The van der Waals surface area contributed by atoms with Gasteiger partial charge in [-0.05, 0) is 12.6 Å². The van der Waals surface area contributed by atoms with Crippen LogP contribution in [0.25, 0.3) is 10.4 Å². The van der Waals surface area contributed by atoms with Crippen molar-refractivity contribution in [1.29, 1.82) is 0 Å². The Hall–Kier alpha value is -1.81. The SMILES string of the molecule is CN(CC(=O)O)C(CN=[N+]=[N-])C(=O)O.OBO. The number of rotatable bonds is 6. The molecule has 0 bridgehead atoms. The van der Waals surface area contributed by atoms with Gasteiger partial charge in [0.15, 0.2) is 0 Å². The van der Waals surface area contributed by atoms with Crippen molar-refractivity contribution >= 4 is 19.6 Å². The molecule has 10 nitrogen and oxygen atoms in total. The maximum atomic E-state index is 10.6. The van der Waals surface area contributed by atoms with Crippen LogP contribution >= 0.6 is 0 Å². The molecule has 0 radical (unpaired) electrons. The lowest BCUT2D eigenvalue weighted by Crippen LogP contribution is -2.43. The molecule has 17 heavy (non-hydrogen) atoms. The highest BCUT2D eigenvalue weighted by molar-refractivity contribution is 6.13. The number of carboxylic acid groups (broad SMARTS) is 2. The molecule has 0 fully saturated rings. The van der Waals surface area contributed by atoms with Crippen molar-refractivity contribution in [1.82, 2.24) is 4.90 Å². The van der Waals surface area contributed by atoms with E-state index in [4.69, 9.17) is 25.8 Å². The standard InChI is InChI=1S/C6H10N4O4.BH3O2/c1-10(3-5(11)12)4(6(13)14)2-8-9-7;2-1-3/h4H,2-3H2,1H3,(H,11,12)(H,13,14);1-3H. The number of nitrogens with zero attached hydrogens (tertiary/aromatic N) is 4. The fourth-order valence-electron chi connectivity index (χ4n) is 0.843. The summed E-state index contributed by atoms with van der Waals surface area (Å²) in [5, 5.41) is 34.4. The molecule has 4 N–H and O–H groups in total. The number of carboxylic acids is 2. The van der Waals surface area contributed by atoms with Gasteiger partial charge in [-0.15, -0.1) is 0 Å². The summed E-state index contributed by atoms with van der Waals surface area (Å²) in [6.07, 6.45) is 0. The third-order valence-electron chi connectivity index (χ3n) is 1.52. The number of aliphatic carboxylic acids is 2. The van der Waals surface area contributed by atoms with Crippen LogP contribution in [0.5, 0.6) is 0 Å². The van der Waals surface area contributed by atoms with E-state index in [9.17, 15) is 9.59 Å². The number of likely N-dealkylation sites (N-methyl/N-ethyl adjacent to an activating group) is 1. The first-order valence-corrected chi connectivity index (χ1v) is 4.28. The van der Waals surface area contributed by atoms with E-state index in [2.05, 4.69) is 10.0 Å². The van der Waals surface area contributed by atoms with Crippen LogP contribution in [0.4, 0.5) is 0 Å². The van der Waals surface area contributed by atoms with Gasteiger partial charge < -0.3 is 20.3 Å². The molecule has 0 aliphatic carbocycles. The van der Waals surface area contributed by atoms with Crippen molar-refractivity contribution in [2.75, 3.05) is 20.1 Å². The molecule has 0 spiro atoms. The minimum atomic E-state index is -1.22. The van der Waals surface area contributed by atoms with E-state index in [1.165, 1.54) is 7.05 Å². The largest absolute Gasteiger partial charge is 0.480 e. The van der Waals surface area contributed by atoms with Crippen LogP contribution in [0.3, 0.4) is 0 Å². The van der Waals surface area contributed by atoms with Gasteiger partial charge in [-0.3, -0.25) is 14.5 Å². The van der Waals surface area contributed by atoms with Gasteiger partial charge in [0.05, 0.1) is 13.1 Å². The lowest BCUT2D eigenvalue weighted by atomic mass is 10.2. The van der Waals surface area contributed by atoms with Crippen LogP contribution in [0.15, 0.2) is 5.11 Å². The van der Waals surface area contributed by atoms with Gasteiger partial charge in [-0.1, -0.05) is 5.11 Å². The first-order chi connectivity index (χ1) is 7.90. The molecular formula is C6H13BN4O6. The lowest BCUT2D eigenvalue weighted by Gasteiger charge is -2.20. The summed E-state index contributed by atoms with van der Waals surface area (Å²) in [7, 11) is 0.583. The topological polar surface area (TPSA) is 167 Å². The van der Waals surface area contributed by atoms with Crippen molar-refractivity contribution in [2.45, 2.75) is 6.04 Å². The minimum absolute atomic E-state index is 0.296. The Morgan fingerprint density at radius 2 is 1.94 bits per heavy atom. The van der Waals surface area contributed by atoms with E-state index in [-0.39, 0.29) is 6.54 Å². The summed E-state index contributed by atoms with van der Waals surface area (Å²) in [6, 6.07) is -1.11. The van der Waals surface area contributed by atoms with Crippen molar-refractivity contribution in [2.24, 2.45) is 5.11 Å². The van der Waals surface area contributed by atoms with Crippen LogP contribution in [0, 0.1) is 0 Å². The second-order valence-electron chi connectivity index (χ2n) is 2.72. The van der Waals surface area contributed by atoms with E-state index in [0.717, 1.165) is 4.90 Å². The summed E-state index contributed by atoms with van der Waals surface area (Å²) in [6.45, 7) is -0.715. The Labute approximate surface area is 97.0 Å². The van der Waals surface area contributed by atoms with Crippen LogP contribution in [0.2, 0.25) is 0 Å². The zero-order chi connectivity index (χ0) is 13.8. The smallest absolute Gasteiger partial charge is 0.432 e. The van der Waals surface area contributed by atoms with Crippen molar-refractivity contribution in [3.05, 3.63) is 10.4 Å². The third kappa shape index (κ3) is 10.5. The maximum absolute atomic E-state index is 10.6. The maximum Gasteiger partial charge on any atom is 0.432 e. The van der Waals surface area contributed by atoms with Crippen LogP contribution < -0.4 is 0 Å². The highest BCUT2D eigenvalue weighted by Gasteiger charge is 2.23. The first-order valence-electron chi connectivity index (χ1n) is 4.28. The number of hydrogen-bond acceptors (Lipinski definition) is 6. The van der Waals surface area contributed by atoms with E-state index in [1.54, 1.807) is 0 Å². The molecule has 1 unspecified atom stereocenters. The van der Waals surface area contributed by atoms with Gasteiger partial charge >= 0.3 is 19.6 Å². The average molecular weight is 248 g/mol. The Kier molecular flexibility index (Phi) is 11.1. The molecule has 96 valence electrons. The fourth-order valence-corrected chi connectivity index (χ4v) is 0.843. The predicted octanol–water partition coefficient (Wildman–Crippen LogP) is -2.00. The molecular weight excluding hydrogens is 235 g/mol. The van der Waals surface area contributed by atoms with E-state index < -0.39 is 32.2 Å². The normalized spacial score (nSPS) is 10.6. The average Bonchev–Trinajstić information content (AvgIpc) is 2.17. The zero-order valence-electron chi connectivity index (χ0n) is 9.09. The lowest BCUT2D eigenvalue weighted by molar-refractivity contribution is -0.145. The molecule has 0 aliphatic heterocycles. The molecule has 0 saturated heterocycles. The summed E-state index contributed by atoms with van der Waals surface area (Å²) >= 11 is 0. The Morgan fingerprint density at radius 1 is 1.47 bits per heavy atom. The molecule has 0 aromatic heterocycles. The van der Waals surface area contributed by atoms with E-state index in [0.29, 0.717) is 0 Å². The number of hydrogen-bond donors (Lipinski definition) is 4. The van der Waals surface area contributed by atoms with Crippen molar-refractivity contribution in [3.8, 4) is 0 Å². The Bertz CT molecular complexity index is 294. The minimum Gasteiger partial charge on any atom is -0.480 e. The predicted molar refractivity (Wildman–Crippen MR) is 57.3 cm³/mol. The third-order valence-corrected chi connectivity index (χ3v) is 1.52. The molecule has 0 aromatic carbocycles. The quantitative estimate of drug-likeness (QED) is 0.182. The van der Waals surface area contributed by atoms with Gasteiger partial charge in [-0.25, -0.2) is 0 Å². The Morgan fingerprint density at radius 3 is 2.24 bits per heavy atom. The number of carbonyl (C=O) groups is 2. The van der Waals surface area contributed by atoms with Gasteiger partial charge in [-0.2, -0.15) is 0 Å². The number of azide groups is 1. The molecule has 0 aliphatic rings. The second-order valence-corrected chi connectivity index (χ2v) is 2.72. The monoisotopic (exact) mass is 248 g/mol. The molecule has 0 amide bonds. The van der Waals surface area contributed by atoms with Crippen molar-refractivity contribution in [3.63, 3.8) is 0 Å². The van der Waals surface area contributed by atoms with Gasteiger partial charge in [0.25, 0.3) is 0 Å². The van der Waals surface area contributed by atoms with Gasteiger partial charge in [0, 0.05) is 4.91 Å². The van der Waals surface area contributed by atoms with E-state index >= 15 is 0 Å². The highest BCUT2D eigenvalue weighted by Crippen LogP contribution is 1.97. The molecule has 0 aromatic rings. The van der Waals surface area contributed by atoms with Crippen LogP contribution in [-0.2, 0) is 9.59 Å². The molecule has 0 heterocycles. The molecule has 11 heteroatoms.